The van der Waals surface area contributed by atoms with E-state index in [1.54, 1.807) is 12.2 Å². The summed E-state index contributed by atoms with van der Waals surface area (Å²) in [6.07, 6.45) is 9.24. The summed E-state index contributed by atoms with van der Waals surface area (Å²) in [6, 6.07) is 0. The van der Waals surface area contributed by atoms with Crippen LogP contribution in [0.4, 0.5) is 0 Å². The summed E-state index contributed by atoms with van der Waals surface area (Å²) >= 11 is 0. The van der Waals surface area contributed by atoms with Gasteiger partial charge >= 0.3 is 98.8 Å². The first-order valence-corrected chi connectivity index (χ1v) is 8.66. The van der Waals surface area contributed by atoms with Crippen LogP contribution in [0.15, 0.2) is 22.7 Å². The summed E-state index contributed by atoms with van der Waals surface area (Å²) in [5.74, 6) is 0. The first-order valence-electron chi connectivity index (χ1n) is 5.62. The first-order chi connectivity index (χ1) is 8.22. The van der Waals surface area contributed by atoms with Crippen molar-refractivity contribution >= 4 is 14.4 Å². The predicted molar refractivity (Wildman–Crippen MR) is 61.1 cm³/mol. The average Bonchev–Trinajstić information content (AvgIpc) is 3.07. The van der Waals surface area contributed by atoms with Gasteiger partial charge in [-0.1, -0.05) is 0 Å². The topological polar surface area (TPSA) is 51.2 Å². The third-order valence-corrected chi connectivity index (χ3v) is 9.74. The second-order valence-corrected chi connectivity index (χ2v) is 9.94. The molecule has 1 saturated carbocycles. The molecule has 0 aliphatic heterocycles. The average molecular weight is 273 g/mol. The normalized spacial score (nSPS) is 22.1. The Morgan fingerprint density at radius 2 is 1.65 bits per heavy atom. The van der Waals surface area contributed by atoms with Crippen molar-refractivity contribution in [1.82, 2.24) is 0 Å². The molecule has 3 nitrogen and oxygen atoms in total. The Labute approximate surface area is 99.0 Å². The van der Waals surface area contributed by atoms with Gasteiger partial charge in [0.05, 0.1) is 0 Å². The van der Waals surface area contributed by atoms with Gasteiger partial charge < -0.3 is 0 Å². The van der Waals surface area contributed by atoms with Gasteiger partial charge in [-0.05, 0) is 0 Å². The molecule has 0 spiro atoms. The van der Waals surface area contributed by atoms with Crippen molar-refractivity contribution < 1.29 is 24.9 Å². The van der Waals surface area contributed by atoms with Crippen LogP contribution in [-0.2, 0) is 24.9 Å². The van der Waals surface area contributed by atoms with Crippen molar-refractivity contribution in [3.8, 4) is 0 Å². The second-order valence-electron chi connectivity index (χ2n) is 4.36. The van der Waals surface area contributed by atoms with E-state index in [1.807, 2.05) is 20.4 Å². The van der Waals surface area contributed by atoms with Crippen LogP contribution in [0.25, 0.3) is 0 Å². The fourth-order valence-corrected chi connectivity index (χ4v) is 7.44. The minimum atomic E-state index is -4.32. The SMILES string of the molecule is O=[C]=[Mn](=[C]=O)(=[C]=O)([C]1=CC=CC1)[CH]1CCCC1. The molecule has 0 N–H and O–H groups in total. The van der Waals surface area contributed by atoms with Gasteiger partial charge in [-0.25, -0.2) is 0 Å². The maximum absolute atomic E-state index is 11.5. The zero-order valence-corrected chi connectivity index (χ0v) is 10.6. The molecule has 2 aliphatic carbocycles. The zero-order chi connectivity index (χ0) is 12.4. The summed E-state index contributed by atoms with van der Waals surface area (Å²) in [7, 11) is -4.32. The summed E-state index contributed by atoms with van der Waals surface area (Å²) in [4.78, 5) is 40.0. The summed E-state index contributed by atoms with van der Waals surface area (Å²) in [5.41, 5.74) is 0. The Morgan fingerprint density at radius 3 is 2.06 bits per heavy atom. The molecule has 0 amide bonds. The van der Waals surface area contributed by atoms with Crippen LogP contribution >= 0.6 is 0 Å². The van der Waals surface area contributed by atoms with E-state index in [4.69, 9.17) is 0 Å². The van der Waals surface area contributed by atoms with Crippen LogP contribution in [0.2, 0.25) is 4.82 Å². The Bertz CT molecular complexity index is 642. The molecule has 4 heteroatoms. The fourth-order valence-electron chi connectivity index (χ4n) is 2.61. The quantitative estimate of drug-likeness (QED) is 0.724. The molecular weight excluding hydrogens is 259 g/mol. The number of hydrogen-bond acceptors (Lipinski definition) is 3. The van der Waals surface area contributed by atoms with E-state index >= 15 is 0 Å². The summed E-state index contributed by atoms with van der Waals surface area (Å²) in [5, 5.41) is 0. The van der Waals surface area contributed by atoms with Gasteiger partial charge in [-0.15, -0.1) is 0 Å². The number of allylic oxidation sites excluding steroid dienone is 4. The molecule has 91 valence electrons. The van der Waals surface area contributed by atoms with E-state index in [9.17, 15) is 14.4 Å². The van der Waals surface area contributed by atoms with Crippen LogP contribution in [0, 0.1) is 0 Å². The van der Waals surface area contributed by atoms with E-state index in [-0.39, 0.29) is 4.82 Å². The molecule has 0 unspecified atom stereocenters. The minimum absolute atomic E-state index is 0.185. The molecule has 0 atom stereocenters. The van der Waals surface area contributed by atoms with Gasteiger partial charge in [0.1, 0.15) is 0 Å². The van der Waals surface area contributed by atoms with E-state index in [0.717, 1.165) is 25.7 Å². The van der Waals surface area contributed by atoms with Crippen molar-refractivity contribution in [2.24, 2.45) is 0 Å². The van der Waals surface area contributed by atoms with Crippen LogP contribution in [0.5, 0.6) is 0 Å². The third kappa shape index (κ3) is 1.44. The molecule has 2 aliphatic rings. The zero-order valence-electron chi connectivity index (χ0n) is 9.45. The van der Waals surface area contributed by atoms with Gasteiger partial charge in [0.15, 0.2) is 0 Å². The van der Waals surface area contributed by atoms with E-state index in [0.29, 0.717) is 10.9 Å². The Kier molecular flexibility index (Phi) is 3.01. The Hall–Kier alpha value is -1.26. The second kappa shape index (κ2) is 4.20. The van der Waals surface area contributed by atoms with Crippen LogP contribution in [0.3, 0.4) is 0 Å². The molecule has 17 heavy (non-hydrogen) atoms. The van der Waals surface area contributed by atoms with Crippen molar-refractivity contribution in [1.29, 1.82) is 0 Å². The molecule has 1 fully saturated rings. The van der Waals surface area contributed by atoms with Gasteiger partial charge in [0, 0.05) is 0 Å². The molecule has 0 bridgehead atoms. The van der Waals surface area contributed by atoms with Crippen molar-refractivity contribution in [2.75, 3.05) is 0 Å². The van der Waals surface area contributed by atoms with E-state index in [2.05, 4.69) is 0 Å². The summed E-state index contributed by atoms with van der Waals surface area (Å²) in [6.45, 7) is 0. The third-order valence-electron chi connectivity index (χ3n) is 3.61. The molecule has 0 radical (unpaired) electrons. The standard InChI is InChI=1S/C5H9.C5H5.3CO.Mn/c2*1-2-4-5-3-1;3*1-2;/h1H,2-5H2;1-3H,4H2;;;;. The van der Waals surface area contributed by atoms with Crippen LogP contribution in [0.1, 0.15) is 32.1 Å². The maximum atomic E-state index is 11.5. The molecule has 0 saturated heterocycles. The van der Waals surface area contributed by atoms with Gasteiger partial charge in [0.2, 0.25) is 0 Å². The molecule has 0 aromatic carbocycles. The molecule has 0 aromatic heterocycles. The number of hydrogen-bond donors (Lipinski definition) is 0. The monoisotopic (exact) mass is 273 g/mol. The Balaban J connectivity index is 2.91. The molecule has 0 heterocycles. The fraction of sp³-hybridized carbons (Fsp3) is 0.462. The van der Waals surface area contributed by atoms with Crippen LogP contribution in [-0.4, -0.2) is 14.4 Å². The first kappa shape index (κ1) is 12.2. The van der Waals surface area contributed by atoms with Gasteiger partial charge in [-0.2, -0.15) is 0 Å². The van der Waals surface area contributed by atoms with E-state index < -0.39 is 10.5 Å². The summed E-state index contributed by atoms with van der Waals surface area (Å²) < 4.78 is 0.624. The number of rotatable bonds is 2. The van der Waals surface area contributed by atoms with Crippen molar-refractivity contribution in [3.63, 3.8) is 0 Å². The van der Waals surface area contributed by atoms with Crippen molar-refractivity contribution in [3.05, 3.63) is 22.7 Å². The number of carbonyl (C=O) groups excluding carboxylic acids is 3. The van der Waals surface area contributed by atoms with Crippen molar-refractivity contribution in [2.45, 2.75) is 36.9 Å². The molecule has 0 aromatic rings. The van der Waals surface area contributed by atoms with Crippen LogP contribution < -0.4 is 0 Å². The van der Waals surface area contributed by atoms with Gasteiger partial charge in [-0.3, -0.25) is 0 Å². The Morgan fingerprint density at radius 1 is 1.06 bits per heavy atom. The predicted octanol–water partition coefficient (Wildman–Crippen LogP) is 2.08. The molecule has 2 rings (SSSR count). The molecular formula is C13H14MnO3. The van der Waals surface area contributed by atoms with E-state index in [1.165, 1.54) is 0 Å². The van der Waals surface area contributed by atoms with Gasteiger partial charge in [0.25, 0.3) is 0 Å².